The van der Waals surface area contributed by atoms with Crippen molar-refractivity contribution < 1.29 is 28.5 Å². The van der Waals surface area contributed by atoms with E-state index in [1.807, 2.05) is 37.3 Å². The van der Waals surface area contributed by atoms with Gasteiger partial charge in [-0.15, -0.1) is 0 Å². The molecule has 0 saturated carbocycles. The summed E-state index contributed by atoms with van der Waals surface area (Å²) in [6.07, 6.45) is 2.92. The molecule has 3 rings (SSSR count). The van der Waals surface area contributed by atoms with Crippen LogP contribution in [0.25, 0.3) is 6.08 Å². The molecule has 0 aromatic heterocycles. The summed E-state index contributed by atoms with van der Waals surface area (Å²) >= 11 is 0. The molecule has 1 heterocycles. The fraction of sp³-hybridized carbons (Fsp3) is 0.304. The van der Waals surface area contributed by atoms with Crippen molar-refractivity contribution in [1.29, 1.82) is 0 Å². The number of methoxy groups -OCH3 is 1. The standard InChI is InChI=1S/C23H25NO6/c1-3-24(15-18-6-10-20-21(14-18)29-13-12-28-20)22(25)16-30-23(26)11-7-17-4-8-19(27-2)9-5-17/h4-11,14H,3,12-13,15-16H2,1-2H3/b11-7+. The Hall–Kier alpha value is -3.48. The number of esters is 1. The lowest BCUT2D eigenvalue weighted by Gasteiger charge is -2.23. The van der Waals surface area contributed by atoms with Gasteiger partial charge in [0.1, 0.15) is 19.0 Å². The van der Waals surface area contributed by atoms with Gasteiger partial charge >= 0.3 is 5.97 Å². The number of carbonyl (C=O) groups is 2. The molecular formula is C23H25NO6. The van der Waals surface area contributed by atoms with E-state index in [4.69, 9.17) is 18.9 Å². The predicted octanol–water partition coefficient (Wildman–Crippen LogP) is 3.07. The highest BCUT2D eigenvalue weighted by molar-refractivity contribution is 5.89. The lowest BCUT2D eigenvalue weighted by Crippen LogP contribution is -2.34. The number of carbonyl (C=O) groups excluding carboxylic acids is 2. The van der Waals surface area contributed by atoms with Crippen molar-refractivity contribution in [3.8, 4) is 17.2 Å². The Bertz CT molecular complexity index is 906. The van der Waals surface area contributed by atoms with E-state index in [0.29, 0.717) is 37.8 Å². The van der Waals surface area contributed by atoms with Crippen LogP contribution in [0.3, 0.4) is 0 Å². The molecule has 1 aliphatic rings. The number of rotatable bonds is 8. The van der Waals surface area contributed by atoms with Crippen LogP contribution in [-0.2, 0) is 20.9 Å². The molecule has 0 unspecified atom stereocenters. The summed E-state index contributed by atoms with van der Waals surface area (Å²) in [4.78, 5) is 26.0. The van der Waals surface area contributed by atoms with E-state index in [1.165, 1.54) is 6.08 Å². The van der Waals surface area contributed by atoms with Crippen LogP contribution >= 0.6 is 0 Å². The smallest absolute Gasteiger partial charge is 0.331 e. The zero-order chi connectivity index (χ0) is 21.3. The van der Waals surface area contributed by atoms with Gasteiger partial charge in [0.2, 0.25) is 0 Å². The molecule has 2 aromatic rings. The molecule has 0 radical (unpaired) electrons. The third-order valence-corrected chi connectivity index (χ3v) is 4.58. The normalized spacial score (nSPS) is 12.5. The van der Waals surface area contributed by atoms with Crippen molar-refractivity contribution in [2.45, 2.75) is 13.5 Å². The molecule has 0 fully saturated rings. The number of likely N-dealkylation sites (N-methyl/N-ethyl adjacent to an activating group) is 1. The van der Waals surface area contributed by atoms with E-state index in [0.717, 1.165) is 16.9 Å². The summed E-state index contributed by atoms with van der Waals surface area (Å²) in [6, 6.07) is 12.8. The average Bonchev–Trinajstić information content (AvgIpc) is 2.79. The first-order chi connectivity index (χ1) is 14.6. The average molecular weight is 411 g/mol. The maximum Gasteiger partial charge on any atom is 0.331 e. The van der Waals surface area contributed by atoms with Gasteiger partial charge < -0.3 is 23.8 Å². The van der Waals surface area contributed by atoms with Crippen molar-refractivity contribution in [1.82, 2.24) is 4.90 Å². The predicted molar refractivity (Wildman–Crippen MR) is 112 cm³/mol. The molecule has 7 heteroatoms. The molecule has 2 aromatic carbocycles. The van der Waals surface area contributed by atoms with Gasteiger partial charge in [0.15, 0.2) is 18.1 Å². The third-order valence-electron chi connectivity index (χ3n) is 4.58. The highest BCUT2D eigenvalue weighted by atomic mass is 16.6. The summed E-state index contributed by atoms with van der Waals surface area (Å²) in [5.74, 6) is 1.28. The first kappa shape index (κ1) is 21.2. The molecule has 30 heavy (non-hydrogen) atoms. The van der Waals surface area contributed by atoms with Gasteiger partial charge in [-0.3, -0.25) is 4.79 Å². The van der Waals surface area contributed by atoms with E-state index >= 15 is 0 Å². The summed E-state index contributed by atoms with van der Waals surface area (Å²) in [5.41, 5.74) is 1.74. The number of nitrogens with zero attached hydrogens (tertiary/aromatic N) is 1. The van der Waals surface area contributed by atoms with Crippen LogP contribution in [0, 0.1) is 0 Å². The quantitative estimate of drug-likeness (QED) is 0.491. The van der Waals surface area contributed by atoms with Crippen LogP contribution in [0.4, 0.5) is 0 Å². The summed E-state index contributed by atoms with van der Waals surface area (Å²) in [6.45, 7) is 3.49. The number of hydrogen-bond donors (Lipinski definition) is 0. The fourth-order valence-electron chi connectivity index (χ4n) is 2.93. The second kappa shape index (κ2) is 10.3. The number of fused-ring (bicyclic) bond motifs is 1. The lowest BCUT2D eigenvalue weighted by molar-refractivity contribution is -0.148. The van der Waals surface area contributed by atoms with Crippen molar-refractivity contribution >= 4 is 18.0 Å². The van der Waals surface area contributed by atoms with Crippen molar-refractivity contribution in [3.05, 3.63) is 59.7 Å². The largest absolute Gasteiger partial charge is 0.497 e. The molecule has 7 nitrogen and oxygen atoms in total. The van der Waals surface area contributed by atoms with Crippen molar-refractivity contribution in [2.75, 3.05) is 33.5 Å². The molecular weight excluding hydrogens is 386 g/mol. The molecule has 0 bridgehead atoms. The highest BCUT2D eigenvalue weighted by Crippen LogP contribution is 2.31. The van der Waals surface area contributed by atoms with E-state index in [-0.39, 0.29) is 12.5 Å². The van der Waals surface area contributed by atoms with Crippen LogP contribution in [0.15, 0.2) is 48.5 Å². The van der Waals surface area contributed by atoms with Gasteiger partial charge in [-0.2, -0.15) is 0 Å². The van der Waals surface area contributed by atoms with Crippen LogP contribution in [0.2, 0.25) is 0 Å². The molecule has 158 valence electrons. The Morgan fingerprint density at radius 3 is 2.50 bits per heavy atom. The zero-order valence-corrected chi connectivity index (χ0v) is 17.1. The second-order valence-corrected chi connectivity index (χ2v) is 6.60. The molecule has 0 saturated heterocycles. The number of benzene rings is 2. The Morgan fingerprint density at radius 1 is 1.07 bits per heavy atom. The minimum absolute atomic E-state index is 0.265. The molecule has 1 aliphatic heterocycles. The van der Waals surface area contributed by atoms with Crippen LogP contribution in [0.5, 0.6) is 17.2 Å². The van der Waals surface area contributed by atoms with Crippen LogP contribution in [-0.4, -0.2) is 50.3 Å². The Kier molecular flexibility index (Phi) is 7.32. The van der Waals surface area contributed by atoms with E-state index in [1.54, 1.807) is 30.2 Å². The van der Waals surface area contributed by atoms with Gasteiger partial charge in [0.25, 0.3) is 5.91 Å². The maximum absolute atomic E-state index is 12.5. The first-order valence-corrected chi connectivity index (χ1v) is 9.74. The fourth-order valence-corrected chi connectivity index (χ4v) is 2.93. The molecule has 0 spiro atoms. The zero-order valence-electron chi connectivity index (χ0n) is 17.1. The third kappa shape index (κ3) is 5.76. The molecule has 0 aliphatic carbocycles. The first-order valence-electron chi connectivity index (χ1n) is 9.74. The van der Waals surface area contributed by atoms with Gasteiger partial charge in [-0.1, -0.05) is 18.2 Å². The minimum Gasteiger partial charge on any atom is -0.497 e. The van der Waals surface area contributed by atoms with Crippen LogP contribution in [0.1, 0.15) is 18.1 Å². The minimum atomic E-state index is -0.574. The Balaban J connectivity index is 1.50. The van der Waals surface area contributed by atoms with Crippen LogP contribution < -0.4 is 14.2 Å². The summed E-state index contributed by atoms with van der Waals surface area (Å²) in [7, 11) is 1.59. The Labute approximate surface area is 175 Å². The van der Waals surface area contributed by atoms with Gasteiger partial charge in [-0.25, -0.2) is 4.79 Å². The summed E-state index contributed by atoms with van der Waals surface area (Å²) in [5, 5.41) is 0. The topological polar surface area (TPSA) is 74.3 Å². The van der Waals surface area contributed by atoms with Gasteiger partial charge in [0, 0.05) is 19.2 Å². The number of hydrogen-bond acceptors (Lipinski definition) is 6. The van der Waals surface area contributed by atoms with E-state index in [9.17, 15) is 9.59 Å². The second-order valence-electron chi connectivity index (χ2n) is 6.60. The van der Waals surface area contributed by atoms with E-state index in [2.05, 4.69) is 0 Å². The van der Waals surface area contributed by atoms with Crippen molar-refractivity contribution in [2.24, 2.45) is 0 Å². The maximum atomic E-state index is 12.5. The SMILES string of the molecule is CCN(Cc1ccc2c(c1)OCCO2)C(=O)COC(=O)/C=C/c1ccc(OC)cc1. The summed E-state index contributed by atoms with van der Waals surface area (Å²) < 4.78 is 21.3. The van der Waals surface area contributed by atoms with Crippen molar-refractivity contribution in [3.63, 3.8) is 0 Å². The molecule has 0 atom stereocenters. The van der Waals surface area contributed by atoms with Gasteiger partial charge in [0.05, 0.1) is 7.11 Å². The highest BCUT2D eigenvalue weighted by Gasteiger charge is 2.17. The van der Waals surface area contributed by atoms with Gasteiger partial charge in [-0.05, 0) is 48.4 Å². The lowest BCUT2D eigenvalue weighted by atomic mass is 10.1. The molecule has 1 amide bonds. The molecule has 0 N–H and O–H groups in total. The number of amides is 1. The number of ether oxygens (including phenoxy) is 4. The monoisotopic (exact) mass is 411 g/mol. The Morgan fingerprint density at radius 2 is 1.80 bits per heavy atom. The van der Waals surface area contributed by atoms with E-state index < -0.39 is 5.97 Å².